The smallest absolute Gasteiger partial charge is 0.251 e. The van der Waals surface area contributed by atoms with Gasteiger partial charge in [-0.1, -0.05) is 39.0 Å². The molecule has 0 fully saturated rings. The monoisotopic (exact) mass is 248 g/mol. The van der Waals surface area contributed by atoms with Gasteiger partial charge in [0.1, 0.15) is 0 Å². The van der Waals surface area contributed by atoms with E-state index in [-0.39, 0.29) is 11.8 Å². The Balaban J connectivity index is 2.27. The van der Waals surface area contributed by atoms with Crippen molar-refractivity contribution in [1.29, 1.82) is 0 Å². The second-order valence-electron chi connectivity index (χ2n) is 5.13. The van der Waals surface area contributed by atoms with Crippen LogP contribution < -0.4 is 10.6 Å². The molecular weight excluding hydrogens is 228 g/mol. The molecule has 0 aliphatic rings. The van der Waals surface area contributed by atoms with Crippen LogP contribution in [-0.4, -0.2) is 24.9 Å². The van der Waals surface area contributed by atoms with Gasteiger partial charge in [0.2, 0.25) is 5.91 Å². The van der Waals surface area contributed by atoms with E-state index >= 15 is 0 Å². The molecule has 1 aromatic rings. The summed E-state index contributed by atoms with van der Waals surface area (Å²) < 4.78 is 0. The van der Waals surface area contributed by atoms with Gasteiger partial charge in [0.05, 0.1) is 0 Å². The Bertz CT molecular complexity index is 408. The summed E-state index contributed by atoms with van der Waals surface area (Å²) in [6, 6.07) is 9.00. The Morgan fingerprint density at radius 2 is 1.56 bits per heavy atom. The first-order valence-corrected chi connectivity index (χ1v) is 6.03. The average molecular weight is 248 g/mol. The van der Waals surface area contributed by atoms with Gasteiger partial charge in [-0.05, 0) is 12.1 Å². The summed E-state index contributed by atoms with van der Waals surface area (Å²) in [5, 5.41) is 5.53. The second kappa shape index (κ2) is 6.19. The lowest BCUT2D eigenvalue weighted by Crippen LogP contribution is -2.39. The quantitative estimate of drug-likeness (QED) is 0.795. The van der Waals surface area contributed by atoms with Crippen molar-refractivity contribution in [1.82, 2.24) is 10.6 Å². The summed E-state index contributed by atoms with van der Waals surface area (Å²) in [7, 11) is 0. The van der Waals surface area contributed by atoms with Crippen LogP contribution in [0.25, 0.3) is 0 Å². The van der Waals surface area contributed by atoms with Crippen LogP contribution in [0.2, 0.25) is 0 Å². The highest BCUT2D eigenvalue weighted by molar-refractivity contribution is 5.94. The largest absolute Gasteiger partial charge is 0.354 e. The Hall–Kier alpha value is -1.84. The van der Waals surface area contributed by atoms with Gasteiger partial charge < -0.3 is 10.6 Å². The number of nitrogens with one attached hydrogen (secondary N) is 2. The maximum atomic E-state index is 11.7. The number of rotatable bonds is 4. The molecule has 1 rings (SSSR count). The Morgan fingerprint density at radius 3 is 2.11 bits per heavy atom. The first-order chi connectivity index (χ1) is 8.41. The van der Waals surface area contributed by atoms with E-state index < -0.39 is 5.41 Å². The Kier molecular flexibility index (Phi) is 4.89. The van der Waals surface area contributed by atoms with Crippen molar-refractivity contribution in [3.05, 3.63) is 35.9 Å². The third-order valence-corrected chi connectivity index (χ3v) is 2.41. The van der Waals surface area contributed by atoms with Crippen LogP contribution in [0.15, 0.2) is 30.3 Å². The zero-order valence-electron chi connectivity index (χ0n) is 11.1. The highest BCUT2D eigenvalue weighted by Gasteiger charge is 2.20. The van der Waals surface area contributed by atoms with Gasteiger partial charge in [-0.2, -0.15) is 0 Å². The molecule has 98 valence electrons. The molecule has 0 aromatic heterocycles. The molecular formula is C14H20N2O2. The SMILES string of the molecule is CC(C)(C)C(=O)NCCNC(=O)c1ccccc1. The normalized spacial score (nSPS) is 10.8. The molecule has 0 unspecified atom stereocenters. The van der Waals surface area contributed by atoms with Gasteiger partial charge in [-0.3, -0.25) is 9.59 Å². The van der Waals surface area contributed by atoms with Gasteiger partial charge in [-0.25, -0.2) is 0 Å². The Morgan fingerprint density at radius 1 is 1.00 bits per heavy atom. The Labute approximate surface area is 108 Å². The lowest BCUT2D eigenvalue weighted by atomic mass is 9.96. The maximum Gasteiger partial charge on any atom is 0.251 e. The van der Waals surface area contributed by atoms with Gasteiger partial charge in [0, 0.05) is 24.1 Å². The first kappa shape index (κ1) is 14.2. The predicted molar refractivity (Wildman–Crippen MR) is 71.2 cm³/mol. The highest BCUT2D eigenvalue weighted by atomic mass is 16.2. The van der Waals surface area contributed by atoms with E-state index in [2.05, 4.69) is 10.6 Å². The fourth-order valence-corrected chi connectivity index (χ4v) is 1.31. The van der Waals surface area contributed by atoms with Crippen molar-refractivity contribution < 1.29 is 9.59 Å². The van der Waals surface area contributed by atoms with E-state index in [9.17, 15) is 9.59 Å². The van der Waals surface area contributed by atoms with Crippen LogP contribution in [0.1, 0.15) is 31.1 Å². The molecule has 0 radical (unpaired) electrons. The van der Waals surface area contributed by atoms with Crippen molar-refractivity contribution in [2.45, 2.75) is 20.8 Å². The lowest BCUT2D eigenvalue weighted by Gasteiger charge is -2.17. The number of hydrogen-bond donors (Lipinski definition) is 2. The van der Waals surface area contributed by atoms with Gasteiger partial charge in [0.25, 0.3) is 5.91 Å². The molecule has 2 amide bonds. The summed E-state index contributed by atoms with van der Waals surface area (Å²) in [6.45, 7) is 6.42. The molecule has 1 aromatic carbocycles. The van der Waals surface area contributed by atoms with E-state index in [4.69, 9.17) is 0 Å². The molecule has 0 saturated carbocycles. The van der Waals surface area contributed by atoms with Crippen molar-refractivity contribution in [2.75, 3.05) is 13.1 Å². The first-order valence-electron chi connectivity index (χ1n) is 6.03. The summed E-state index contributed by atoms with van der Waals surface area (Å²) in [4.78, 5) is 23.2. The van der Waals surface area contributed by atoms with Gasteiger partial charge in [-0.15, -0.1) is 0 Å². The van der Waals surface area contributed by atoms with Crippen molar-refractivity contribution in [2.24, 2.45) is 5.41 Å². The molecule has 18 heavy (non-hydrogen) atoms. The molecule has 4 heteroatoms. The number of benzene rings is 1. The summed E-state index contributed by atoms with van der Waals surface area (Å²) >= 11 is 0. The molecule has 0 aliphatic heterocycles. The zero-order valence-corrected chi connectivity index (χ0v) is 11.1. The van der Waals surface area contributed by atoms with Crippen molar-refractivity contribution >= 4 is 11.8 Å². The van der Waals surface area contributed by atoms with Gasteiger partial charge >= 0.3 is 0 Å². The fraction of sp³-hybridized carbons (Fsp3) is 0.429. The lowest BCUT2D eigenvalue weighted by molar-refractivity contribution is -0.128. The molecule has 0 spiro atoms. The minimum absolute atomic E-state index is 0.0172. The van der Waals surface area contributed by atoms with Crippen molar-refractivity contribution in [3.8, 4) is 0 Å². The summed E-state index contributed by atoms with van der Waals surface area (Å²) in [5.74, 6) is -0.142. The van der Waals surface area contributed by atoms with Crippen molar-refractivity contribution in [3.63, 3.8) is 0 Å². The molecule has 0 aliphatic carbocycles. The predicted octanol–water partition coefficient (Wildman–Crippen LogP) is 1.58. The molecule has 4 nitrogen and oxygen atoms in total. The molecule has 0 bridgehead atoms. The van der Waals surface area contributed by atoms with E-state index in [0.29, 0.717) is 18.7 Å². The van der Waals surface area contributed by atoms with Gasteiger partial charge in [0.15, 0.2) is 0 Å². The van der Waals surface area contributed by atoms with Crippen LogP contribution in [0.5, 0.6) is 0 Å². The van der Waals surface area contributed by atoms with Crippen LogP contribution >= 0.6 is 0 Å². The topological polar surface area (TPSA) is 58.2 Å². The second-order valence-corrected chi connectivity index (χ2v) is 5.13. The number of carbonyl (C=O) groups is 2. The summed E-state index contributed by atoms with van der Waals surface area (Å²) in [6.07, 6.45) is 0. The van der Waals surface area contributed by atoms with Crippen LogP contribution in [0.3, 0.4) is 0 Å². The summed E-state index contributed by atoms with van der Waals surface area (Å²) in [5.41, 5.74) is 0.225. The number of hydrogen-bond acceptors (Lipinski definition) is 2. The number of carbonyl (C=O) groups excluding carboxylic acids is 2. The highest BCUT2D eigenvalue weighted by Crippen LogP contribution is 2.11. The number of amides is 2. The molecule has 0 saturated heterocycles. The standard InChI is InChI=1S/C14H20N2O2/c1-14(2,3)13(18)16-10-9-15-12(17)11-7-5-4-6-8-11/h4-8H,9-10H2,1-3H3,(H,15,17)(H,16,18). The fourth-order valence-electron chi connectivity index (χ4n) is 1.31. The van der Waals surface area contributed by atoms with E-state index in [1.54, 1.807) is 12.1 Å². The third kappa shape index (κ3) is 4.57. The average Bonchev–Trinajstić information content (AvgIpc) is 2.34. The van der Waals surface area contributed by atoms with E-state index in [1.165, 1.54) is 0 Å². The van der Waals surface area contributed by atoms with Crippen LogP contribution in [-0.2, 0) is 4.79 Å². The molecule has 0 atom stereocenters. The molecule has 2 N–H and O–H groups in total. The minimum Gasteiger partial charge on any atom is -0.354 e. The van der Waals surface area contributed by atoms with E-state index in [0.717, 1.165) is 0 Å². The third-order valence-electron chi connectivity index (χ3n) is 2.41. The molecule has 0 heterocycles. The minimum atomic E-state index is -0.399. The van der Waals surface area contributed by atoms with Crippen LogP contribution in [0.4, 0.5) is 0 Å². The van der Waals surface area contributed by atoms with Crippen LogP contribution in [0, 0.1) is 5.41 Å². The zero-order chi connectivity index (χ0) is 13.6. The van der Waals surface area contributed by atoms with E-state index in [1.807, 2.05) is 39.0 Å². The maximum absolute atomic E-state index is 11.7.